The van der Waals surface area contributed by atoms with Gasteiger partial charge in [0.15, 0.2) is 5.78 Å². The maximum Gasteiger partial charge on any atom is 0.337 e. The lowest BCUT2D eigenvalue weighted by atomic mass is 9.84. The van der Waals surface area contributed by atoms with Gasteiger partial charge in [0, 0.05) is 5.56 Å². The van der Waals surface area contributed by atoms with E-state index in [9.17, 15) is 9.59 Å². The predicted octanol–water partition coefficient (Wildman–Crippen LogP) is 3.72. The molecule has 0 radical (unpaired) electrons. The third-order valence-electron chi connectivity index (χ3n) is 4.56. The van der Waals surface area contributed by atoms with Gasteiger partial charge in [0.05, 0.1) is 12.7 Å². The molecule has 0 spiro atoms. The molecule has 1 aromatic rings. The number of hydrogen-bond donors (Lipinski definition) is 0. The van der Waals surface area contributed by atoms with Gasteiger partial charge < -0.3 is 4.74 Å². The molecule has 0 N–H and O–H groups in total. The van der Waals surface area contributed by atoms with E-state index in [1.165, 1.54) is 32.8 Å². The van der Waals surface area contributed by atoms with Crippen LogP contribution in [0.3, 0.4) is 0 Å². The average Bonchev–Trinajstić information content (AvgIpc) is 3.02. The molecule has 1 aromatic carbocycles. The first-order valence-electron chi connectivity index (χ1n) is 7.65. The molecule has 0 amide bonds. The third-order valence-corrected chi connectivity index (χ3v) is 4.56. The van der Waals surface area contributed by atoms with E-state index < -0.39 is 0 Å². The van der Waals surface area contributed by atoms with E-state index in [0.29, 0.717) is 11.5 Å². The van der Waals surface area contributed by atoms with Crippen molar-refractivity contribution in [3.05, 3.63) is 46.5 Å². The zero-order valence-electron chi connectivity index (χ0n) is 12.4. The van der Waals surface area contributed by atoms with Crippen molar-refractivity contribution < 1.29 is 14.3 Å². The lowest BCUT2D eigenvalue weighted by molar-refractivity contribution is 0.0600. The molecule has 0 bridgehead atoms. The maximum absolute atomic E-state index is 12.6. The molecular weight excluding hydrogens is 264 g/mol. The number of ether oxygens (including phenoxy) is 1. The highest BCUT2D eigenvalue weighted by atomic mass is 16.5. The first kappa shape index (κ1) is 14.1. The Morgan fingerprint density at radius 3 is 2.71 bits per heavy atom. The number of methoxy groups -OCH3 is 1. The first-order valence-corrected chi connectivity index (χ1v) is 7.65. The number of fused-ring (bicyclic) bond motifs is 1. The van der Waals surface area contributed by atoms with Crippen molar-refractivity contribution in [2.75, 3.05) is 7.11 Å². The summed E-state index contributed by atoms with van der Waals surface area (Å²) in [5, 5.41) is 0. The number of aryl methyl sites for hydroxylation is 1. The summed E-state index contributed by atoms with van der Waals surface area (Å²) in [4.78, 5) is 24.1. The zero-order chi connectivity index (χ0) is 14.8. The molecular formula is C18H20O3. The second-order valence-electron chi connectivity index (χ2n) is 5.93. The molecule has 2 aliphatic carbocycles. The van der Waals surface area contributed by atoms with Gasteiger partial charge in [-0.25, -0.2) is 4.79 Å². The standard InChI is InChI=1S/C18H20O3/c1-21-18(20)15-8-9-16-13(11-15)6-7-14(17(16)19)10-12-4-2-3-5-12/h8-12H,2-7H2,1H3/b14-10-. The van der Waals surface area contributed by atoms with E-state index in [-0.39, 0.29) is 11.8 Å². The number of esters is 1. The summed E-state index contributed by atoms with van der Waals surface area (Å²) in [6.07, 6.45) is 8.79. The van der Waals surface area contributed by atoms with Gasteiger partial charge in [-0.15, -0.1) is 0 Å². The molecule has 3 nitrogen and oxygen atoms in total. The summed E-state index contributed by atoms with van der Waals surface area (Å²) in [5.41, 5.74) is 3.19. The Balaban J connectivity index is 1.86. The molecule has 3 heteroatoms. The normalized spacial score (nSPS) is 20.6. The quantitative estimate of drug-likeness (QED) is 0.614. The molecule has 110 valence electrons. The van der Waals surface area contributed by atoms with Crippen LogP contribution in [0.2, 0.25) is 0 Å². The van der Waals surface area contributed by atoms with Gasteiger partial charge in [0.2, 0.25) is 0 Å². The van der Waals surface area contributed by atoms with Crippen LogP contribution in [-0.4, -0.2) is 18.9 Å². The van der Waals surface area contributed by atoms with E-state index in [0.717, 1.165) is 29.5 Å². The summed E-state index contributed by atoms with van der Waals surface area (Å²) in [6, 6.07) is 5.25. The predicted molar refractivity (Wildman–Crippen MR) is 80.5 cm³/mol. The van der Waals surface area contributed by atoms with Gasteiger partial charge in [-0.3, -0.25) is 4.79 Å². The first-order chi connectivity index (χ1) is 10.2. The Morgan fingerprint density at radius 2 is 2.00 bits per heavy atom. The zero-order valence-corrected chi connectivity index (χ0v) is 12.4. The van der Waals surface area contributed by atoms with E-state index in [1.807, 2.05) is 0 Å². The molecule has 0 aromatic heterocycles. The molecule has 0 saturated heterocycles. The fourth-order valence-electron chi connectivity index (χ4n) is 3.39. The summed E-state index contributed by atoms with van der Waals surface area (Å²) >= 11 is 0. The summed E-state index contributed by atoms with van der Waals surface area (Å²) in [5.74, 6) is 0.372. The number of carbonyl (C=O) groups excluding carboxylic acids is 2. The summed E-state index contributed by atoms with van der Waals surface area (Å²) in [7, 11) is 1.37. The van der Waals surface area contributed by atoms with Crippen molar-refractivity contribution in [3.8, 4) is 0 Å². The number of ketones is 1. The Labute approximate surface area is 125 Å². The Bertz CT molecular complexity index is 607. The molecule has 0 aliphatic heterocycles. The van der Waals surface area contributed by atoms with Crippen molar-refractivity contribution in [1.29, 1.82) is 0 Å². The van der Waals surface area contributed by atoms with Gasteiger partial charge in [-0.1, -0.05) is 18.9 Å². The number of rotatable bonds is 2. The van der Waals surface area contributed by atoms with Gasteiger partial charge in [0.1, 0.15) is 0 Å². The van der Waals surface area contributed by atoms with Gasteiger partial charge in [-0.05, 0) is 60.9 Å². The van der Waals surface area contributed by atoms with Crippen LogP contribution < -0.4 is 0 Å². The second-order valence-corrected chi connectivity index (χ2v) is 5.93. The van der Waals surface area contributed by atoms with Crippen LogP contribution in [0.4, 0.5) is 0 Å². The molecule has 0 heterocycles. The number of allylic oxidation sites excluding steroid dienone is 2. The minimum Gasteiger partial charge on any atom is -0.465 e. The van der Waals surface area contributed by atoms with Crippen LogP contribution in [0.25, 0.3) is 0 Å². The van der Waals surface area contributed by atoms with E-state index in [1.54, 1.807) is 18.2 Å². The van der Waals surface area contributed by atoms with Crippen molar-refractivity contribution in [2.24, 2.45) is 5.92 Å². The molecule has 0 atom stereocenters. The molecule has 1 fully saturated rings. The van der Waals surface area contributed by atoms with Crippen molar-refractivity contribution in [3.63, 3.8) is 0 Å². The maximum atomic E-state index is 12.6. The van der Waals surface area contributed by atoms with Crippen LogP contribution in [0.5, 0.6) is 0 Å². The minimum atomic E-state index is -0.349. The number of hydrogen-bond acceptors (Lipinski definition) is 3. The number of Topliss-reactive ketones (excluding diaryl/α,β-unsaturated/α-hetero) is 1. The monoisotopic (exact) mass is 284 g/mol. The van der Waals surface area contributed by atoms with Gasteiger partial charge in [-0.2, -0.15) is 0 Å². The lowest BCUT2D eigenvalue weighted by Crippen LogP contribution is -2.16. The fraction of sp³-hybridized carbons (Fsp3) is 0.444. The fourth-order valence-corrected chi connectivity index (χ4v) is 3.39. The Morgan fingerprint density at radius 1 is 1.24 bits per heavy atom. The average molecular weight is 284 g/mol. The van der Waals surface area contributed by atoms with E-state index >= 15 is 0 Å². The topological polar surface area (TPSA) is 43.4 Å². The number of benzene rings is 1. The van der Waals surface area contributed by atoms with Crippen LogP contribution >= 0.6 is 0 Å². The highest BCUT2D eigenvalue weighted by Crippen LogP contribution is 2.31. The third kappa shape index (κ3) is 2.78. The van der Waals surface area contributed by atoms with E-state index in [2.05, 4.69) is 6.08 Å². The Hall–Kier alpha value is -1.90. The minimum absolute atomic E-state index is 0.138. The smallest absolute Gasteiger partial charge is 0.337 e. The molecule has 2 aliphatic rings. The van der Waals surface area contributed by atoms with Gasteiger partial charge in [0.25, 0.3) is 0 Å². The van der Waals surface area contributed by atoms with Crippen molar-refractivity contribution >= 4 is 11.8 Å². The Kier molecular flexibility index (Phi) is 3.91. The highest BCUT2D eigenvalue weighted by Gasteiger charge is 2.24. The van der Waals surface area contributed by atoms with Crippen molar-refractivity contribution in [1.82, 2.24) is 0 Å². The van der Waals surface area contributed by atoms with Crippen LogP contribution in [0, 0.1) is 5.92 Å². The van der Waals surface area contributed by atoms with Crippen LogP contribution in [0.15, 0.2) is 29.8 Å². The molecule has 21 heavy (non-hydrogen) atoms. The summed E-state index contributed by atoms with van der Waals surface area (Å²) in [6.45, 7) is 0. The lowest BCUT2D eigenvalue weighted by Gasteiger charge is -2.19. The van der Waals surface area contributed by atoms with Gasteiger partial charge >= 0.3 is 5.97 Å². The van der Waals surface area contributed by atoms with Crippen LogP contribution in [-0.2, 0) is 11.2 Å². The second kappa shape index (κ2) is 5.84. The molecule has 0 unspecified atom stereocenters. The highest BCUT2D eigenvalue weighted by molar-refractivity contribution is 6.11. The molecule has 1 saturated carbocycles. The summed E-state index contributed by atoms with van der Waals surface area (Å²) < 4.78 is 4.73. The SMILES string of the molecule is COC(=O)c1ccc2c(c1)CC/C(=C/C1CCCC1)C2=O. The number of carbonyl (C=O) groups is 2. The van der Waals surface area contributed by atoms with Crippen molar-refractivity contribution in [2.45, 2.75) is 38.5 Å². The van der Waals surface area contributed by atoms with Crippen LogP contribution in [0.1, 0.15) is 58.4 Å². The largest absolute Gasteiger partial charge is 0.465 e. The van der Waals surface area contributed by atoms with E-state index in [4.69, 9.17) is 4.74 Å². The molecule has 3 rings (SSSR count).